The number of nitrogens with zero attached hydrogens (tertiary/aromatic N) is 1. The van der Waals surface area contributed by atoms with E-state index >= 15 is 0 Å². The maximum absolute atomic E-state index is 10.7. The third kappa shape index (κ3) is 1.44. The summed E-state index contributed by atoms with van der Waals surface area (Å²) in [7, 11) is 0. The van der Waals surface area contributed by atoms with E-state index in [0.29, 0.717) is 5.92 Å². The average Bonchev–Trinajstić information content (AvgIpc) is 2.03. The second-order valence-electron chi connectivity index (χ2n) is 3.71. The van der Waals surface area contributed by atoms with Crippen molar-refractivity contribution in [1.82, 2.24) is 10.4 Å². The second-order valence-corrected chi connectivity index (χ2v) is 3.71. The molecule has 3 unspecified atom stereocenters. The Morgan fingerprint density at radius 2 is 2.42 bits per heavy atom. The van der Waals surface area contributed by atoms with Crippen LogP contribution < -0.4 is 5.43 Å². The number of hydrazine groups is 1. The minimum Gasteiger partial charge on any atom is -0.480 e. The van der Waals surface area contributed by atoms with E-state index in [2.05, 4.69) is 10.4 Å². The molecular formula is C8H14N2O2. The van der Waals surface area contributed by atoms with E-state index < -0.39 is 5.97 Å². The van der Waals surface area contributed by atoms with Crippen LogP contribution in [0.15, 0.2) is 0 Å². The lowest BCUT2D eigenvalue weighted by Gasteiger charge is -2.40. The zero-order chi connectivity index (χ0) is 8.55. The van der Waals surface area contributed by atoms with E-state index in [1.165, 1.54) is 12.8 Å². The molecule has 2 N–H and O–H groups in total. The summed E-state index contributed by atoms with van der Waals surface area (Å²) in [5, 5.41) is 10.9. The summed E-state index contributed by atoms with van der Waals surface area (Å²) in [4.78, 5) is 10.7. The van der Waals surface area contributed by atoms with Gasteiger partial charge in [-0.3, -0.25) is 4.79 Å². The zero-order valence-electron chi connectivity index (χ0n) is 6.99. The van der Waals surface area contributed by atoms with Crippen molar-refractivity contribution in [3.63, 3.8) is 0 Å². The van der Waals surface area contributed by atoms with Crippen LogP contribution in [0.25, 0.3) is 0 Å². The number of hydrogen-bond acceptors (Lipinski definition) is 3. The highest BCUT2D eigenvalue weighted by atomic mass is 16.4. The average molecular weight is 170 g/mol. The highest BCUT2D eigenvalue weighted by Crippen LogP contribution is 2.24. The maximum Gasteiger partial charge on any atom is 0.322 e. The van der Waals surface area contributed by atoms with Crippen molar-refractivity contribution >= 4 is 5.97 Å². The molecule has 2 fully saturated rings. The molecule has 0 aromatic rings. The first-order valence-electron chi connectivity index (χ1n) is 4.49. The van der Waals surface area contributed by atoms with Crippen molar-refractivity contribution in [2.24, 2.45) is 5.92 Å². The molecule has 2 saturated heterocycles. The van der Waals surface area contributed by atoms with E-state index in [0.717, 1.165) is 19.5 Å². The standard InChI is InChI=1S/C8H14N2O2/c11-8(12)7-4-6-2-1-3-10(5-6)9-7/h6-7,9H,1-5H2,(H,11,12). The van der Waals surface area contributed by atoms with Crippen LogP contribution in [-0.2, 0) is 4.79 Å². The van der Waals surface area contributed by atoms with Gasteiger partial charge in [-0.1, -0.05) is 0 Å². The smallest absolute Gasteiger partial charge is 0.322 e. The van der Waals surface area contributed by atoms with Crippen molar-refractivity contribution in [2.45, 2.75) is 25.3 Å². The third-order valence-corrected chi connectivity index (χ3v) is 2.72. The highest BCUT2D eigenvalue weighted by Gasteiger charge is 2.32. The molecule has 0 aromatic carbocycles. The van der Waals surface area contributed by atoms with Gasteiger partial charge >= 0.3 is 5.97 Å². The minimum atomic E-state index is -0.716. The molecule has 2 aliphatic heterocycles. The van der Waals surface area contributed by atoms with Gasteiger partial charge in [0.2, 0.25) is 0 Å². The lowest BCUT2D eigenvalue weighted by molar-refractivity contribution is -0.144. The molecule has 0 aliphatic carbocycles. The van der Waals surface area contributed by atoms with E-state index in [-0.39, 0.29) is 6.04 Å². The summed E-state index contributed by atoms with van der Waals surface area (Å²) in [5.41, 5.74) is 3.02. The summed E-state index contributed by atoms with van der Waals surface area (Å²) in [6.07, 6.45) is 3.19. The number of rotatable bonds is 1. The Morgan fingerprint density at radius 3 is 3.08 bits per heavy atom. The summed E-state index contributed by atoms with van der Waals surface area (Å²) >= 11 is 0. The third-order valence-electron chi connectivity index (χ3n) is 2.72. The van der Waals surface area contributed by atoms with Gasteiger partial charge in [-0.2, -0.15) is 0 Å². The molecule has 0 spiro atoms. The topological polar surface area (TPSA) is 52.6 Å². The molecule has 0 aromatic heterocycles. The Labute approximate surface area is 71.5 Å². The number of piperidine rings is 1. The van der Waals surface area contributed by atoms with Crippen LogP contribution in [0.4, 0.5) is 0 Å². The number of hydrogen-bond donors (Lipinski definition) is 2. The molecule has 2 heterocycles. The van der Waals surface area contributed by atoms with Gasteiger partial charge in [-0.15, -0.1) is 0 Å². The molecule has 2 bridgehead atoms. The van der Waals surface area contributed by atoms with Crippen LogP contribution in [0.2, 0.25) is 0 Å². The molecule has 2 rings (SSSR count). The van der Waals surface area contributed by atoms with Crippen molar-refractivity contribution in [3.8, 4) is 0 Å². The molecule has 4 nitrogen and oxygen atoms in total. The second kappa shape index (κ2) is 3.03. The molecule has 3 atom stereocenters. The first-order chi connectivity index (χ1) is 5.75. The SMILES string of the molecule is O=C(O)C1CC2CCCN(C2)N1. The Balaban J connectivity index is 2.00. The monoisotopic (exact) mass is 170 g/mol. The largest absolute Gasteiger partial charge is 0.480 e. The Morgan fingerprint density at radius 1 is 1.58 bits per heavy atom. The number of carboxylic acids is 1. The van der Waals surface area contributed by atoms with Crippen LogP contribution in [-0.4, -0.2) is 35.2 Å². The number of fused-ring (bicyclic) bond motifs is 2. The normalized spacial score (nSPS) is 40.8. The fraction of sp³-hybridized carbons (Fsp3) is 0.875. The van der Waals surface area contributed by atoms with Crippen molar-refractivity contribution in [2.75, 3.05) is 13.1 Å². The Hall–Kier alpha value is -0.610. The number of aliphatic carboxylic acids is 1. The first kappa shape index (κ1) is 8.01. The Kier molecular flexibility index (Phi) is 2.02. The molecule has 2 aliphatic rings. The number of nitrogens with one attached hydrogen (secondary N) is 1. The Bertz CT molecular complexity index is 183. The van der Waals surface area contributed by atoms with Gasteiger partial charge in [0, 0.05) is 13.1 Å². The lowest BCUT2D eigenvalue weighted by Crippen LogP contribution is -2.57. The number of carbonyl (C=O) groups is 1. The van der Waals surface area contributed by atoms with Gasteiger partial charge < -0.3 is 5.11 Å². The van der Waals surface area contributed by atoms with Gasteiger partial charge in [0.05, 0.1) is 0 Å². The van der Waals surface area contributed by atoms with E-state index in [1.807, 2.05) is 0 Å². The van der Waals surface area contributed by atoms with Crippen LogP contribution >= 0.6 is 0 Å². The summed E-state index contributed by atoms with van der Waals surface area (Å²) in [6, 6.07) is -0.343. The summed E-state index contributed by atoms with van der Waals surface area (Å²) in [5.74, 6) is -0.118. The maximum atomic E-state index is 10.7. The predicted octanol–water partition coefficient (Wildman–Crippen LogP) is 0.0599. The zero-order valence-corrected chi connectivity index (χ0v) is 6.99. The van der Waals surface area contributed by atoms with Crippen molar-refractivity contribution in [3.05, 3.63) is 0 Å². The van der Waals surface area contributed by atoms with Gasteiger partial charge in [0.1, 0.15) is 6.04 Å². The van der Waals surface area contributed by atoms with Gasteiger partial charge in [-0.05, 0) is 25.2 Å². The molecule has 4 heteroatoms. The molecule has 68 valence electrons. The molecule has 0 radical (unpaired) electrons. The minimum absolute atomic E-state index is 0.343. The van der Waals surface area contributed by atoms with E-state index in [1.54, 1.807) is 0 Å². The van der Waals surface area contributed by atoms with E-state index in [9.17, 15) is 4.79 Å². The molecule has 12 heavy (non-hydrogen) atoms. The predicted molar refractivity (Wildman–Crippen MR) is 43.5 cm³/mol. The fourth-order valence-electron chi connectivity index (χ4n) is 2.14. The summed E-state index contributed by atoms with van der Waals surface area (Å²) in [6.45, 7) is 2.03. The van der Waals surface area contributed by atoms with Gasteiger partial charge in [0.25, 0.3) is 0 Å². The lowest BCUT2D eigenvalue weighted by atomic mass is 9.90. The van der Waals surface area contributed by atoms with Crippen molar-refractivity contribution in [1.29, 1.82) is 0 Å². The quantitative estimate of drug-likeness (QED) is 0.584. The van der Waals surface area contributed by atoms with Crippen LogP contribution in [0.1, 0.15) is 19.3 Å². The van der Waals surface area contributed by atoms with Gasteiger partial charge in [-0.25, -0.2) is 10.4 Å². The fourth-order valence-corrected chi connectivity index (χ4v) is 2.14. The van der Waals surface area contributed by atoms with E-state index in [4.69, 9.17) is 5.11 Å². The van der Waals surface area contributed by atoms with Gasteiger partial charge in [0.15, 0.2) is 0 Å². The van der Waals surface area contributed by atoms with Crippen LogP contribution in [0.3, 0.4) is 0 Å². The van der Waals surface area contributed by atoms with Crippen LogP contribution in [0, 0.1) is 5.92 Å². The van der Waals surface area contributed by atoms with Crippen molar-refractivity contribution < 1.29 is 9.90 Å². The first-order valence-corrected chi connectivity index (χ1v) is 4.49. The highest BCUT2D eigenvalue weighted by molar-refractivity contribution is 5.73. The molecular weight excluding hydrogens is 156 g/mol. The molecule has 0 amide bonds. The summed E-state index contributed by atoms with van der Waals surface area (Å²) < 4.78 is 0. The molecule has 0 saturated carbocycles. The number of carboxylic acid groups (broad SMARTS) is 1. The van der Waals surface area contributed by atoms with Crippen LogP contribution in [0.5, 0.6) is 0 Å².